The van der Waals surface area contributed by atoms with Gasteiger partial charge in [0.15, 0.2) is 0 Å². The summed E-state index contributed by atoms with van der Waals surface area (Å²) >= 11 is 0. The van der Waals surface area contributed by atoms with E-state index in [0.29, 0.717) is 5.92 Å². The van der Waals surface area contributed by atoms with Gasteiger partial charge in [-0.1, -0.05) is 26.7 Å². The van der Waals surface area contributed by atoms with E-state index in [9.17, 15) is 5.11 Å². The van der Waals surface area contributed by atoms with Gasteiger partial charge in [-0.25, -0.2) is 0 Å². The summed E-state index contributed by atoms with van der Waals surface area (Å²) in [6.07, 6.45) is 4.44. The summed E-state index contributed by atoms with van der Waals surface area (Å²) in [6.45, 7) is 4.41. The number of rotatable bonds is 5. The zero-order valence-electron chi connectivity index (χ0n) is 9.27. The predicted molar refractivity (Wildman–Crippen MR) is 56.9 cm³/mol. The molecule has 0 aliphatic heterocycles. The summed E-state index contributed by atoms with van der Waals surface area (Å²) in [7, 11) is 1.86. The highest BCUT2D eigenvalue weighted by Crippen LogP contribution is 2.19. The highest BCUT2D eigenvalue weighted by Gasteiger charge is 2.10. The van der Waals surface area contributed by atoms with E-state index in [0.717, 1.165) is 18.5 Å². The van der Waals surface area contributed by atoms with Gasteiger partial charge in [0, 0.05) is 13.2 Å². The van der Waals surface area contributed by atoms with Crippen LogP contribution < -0.4 is 0 Å². The Labute approximate surface area is 85.8 Å². The van der Waals surface area contributed by atoms with Crippen LogP contribution >= 0.6 is 0 Å². The van der Waals surface area contributed by atoms with Crippen LogP contribution in [0.4, 0.5) is 0 Å². The van der Waals surface area contributed by atoms with Gasteiger partial charge in [-0.05, 0) is 18.4 Å². The molecule has 1 N–H and O–H groups in total. The van der Waals surface area contributed by atoms with Crippen molar-refractivity contribution in [3.8, 4) is 0 Å². The first-order valence-corrected chi connectivity index (χ1v) is 5.27. The number of aromatic nitrogens is 2. The number of hydrogen-bond donors (Lipinski definition) is 1. The fourth-order valence-electron chi connectivity index (χ4n) is 1.58. The third kappa shape index (κ3) is 3.14. The monoisotopic (exact) mass is 196 g/mol. The number of aryl methyl sites for hydroxylation is 1. The SMILES string of the molecule is CC(C)CCCC(O)c1ccnn1C. The zero-order valence-corrected chi connectivity index (χ0v) is 9.27. The molecule has 0 fully saturated rings. The molecule has 1 rings (SSSR count). The molecule has 1 unspecified atom stereocenters. The van der Waals surface area contributed by atoms with Gasteiger partial charge < -0.3 is 5.11 Å². The van der Waals surface area contributed by atoms with Gasteiger partial charge in [-0.2, -0.15) is 5.10 Å². The van der Waals surface area contributed by atoms with Crippen LogP contribution in [0.1, 0.15) is 44.9 Å². The number of nitrogens with zero attached hydrogens (tertiary/aromatic N) is 2. The molecule has 0 aromatic carbocycles. The van der Waals surface area contributed by atoms with Gasteiger partial charge in [-0.15, -0.1) is 0 Å². The Morgan fingerprint density at radius 2 is 2.14 bits per heavy atom. The largest absolute Gasteiger partial charge is 0.387 e. The van der Waals surface area contributed by atoms with Crippen LogP contribution in [0.2, 0.25) is 0 Å². The van der Waals surface area contributed by atoms with Crippen LogP contribution in [0.3, 0.4) is 0 Å². The third-order valence-corrected chi connectivity index (χ3v) is 2.46. The molecule has 0 aliphatic carbocycles. The van der Waals surface area contributed by atoms with Crippen molar-refractivity contribution in [3.05, 3.63) is 18.0 Å². The molecule has 0 saturated carbocycles. The maximum absolute atomic E-state index is 9.84. The van der Waals surface area contributed by atoms with E-state index in [-0.39, 0.29) is 6.10 Å². The first-order valence-electron chi connectivity index (χ1n) is 5.27. The fraction of sp³-hybridized carbons (Fsp3) is 0.727. The molecule has 80 valence electrons. The Kier molecular flexibility index (Phi) is 4.14. The van der Waals surface area contributed by atoms with Crippen molar-refractivity contribution in [2.45, 2.75) is 39.2 Å². The highest BCUT2D eigenvalue weighted by atomic mass is 16.3. The molecule has 0 radical (unpaired) electrons. The van der Waals surface area contributed by atoms with E-state index in [4.69, 9.17) is 0 Å². The van der Waals surface area contributed by atoms with Crippen molar-refractivity contribution in [1.82, 2.24) is 9.78 Å². The summed E-state index contributed by atoms with van der Waals surface area (Å²) in [5.41, 5.74) is 0.911. The molecule has 1 atom stereocenters. The Bertz CT molecular complexity index is 268. The van der Waals surface area contributed by atoms with Gasteiger partial charge in [0.05, 0.1) is 11.8 Å². The van der Waals surface area contributed by atoms with Gasteiger partial charge >= 0.3 is 0 Å². The Hall–Kier alpha value is -0.830. The van der Waals surface area contributed by atoms with E-state index in [1.54, 1.807) is 10.9 Å². The smallest absolute Gasteiger partial charge is 0.0956 e. The van der Waals surface area contributed by atoms with E-state index in [1.165, 1.54) is 6.42 Å². The summed E-state index contributed by atoms with van der Waals surface area (Å²) in [6, 6.07) is 1.88. The highest BCUT2D eigenvalue weighted by molar-refractivity contribution is 5.03. The Balaban J connectivity index is 2.36. The topological polar surface area (TPSA) is 38.1 Å². The second kappa shape index (κ2) is 5.15. The fourth-order valence-corrected chi connectivity index (χ4v) is 1.58. The molecule has 14 heavy (non-hydrogen) atoms. The second-order valence-electron chi connectivity index (χ2n) is 4.22. The normalized spacial score (nSPS) is 13.5. The van der Waals surface area contributed by atoms with Gasteiger partial charge in [-0.3, -0.25) is 4.68 Å². The molecule has 1 aromatic heterocycles. The van der Waals surface area contributed by atoms with Crippen LogP contribution in [-0.4, -0.2) is 14.9 Å². The average molecular weight is 196 g/mol. The predicted octanol–water partition coefficient (Wildman–Crippen LogP) is 2.28. The van der Waals surface area contributed by atoms with Crippen molar-refractivity contribution < 1.29 is 5.11 Å². The summed E-state index contributed by atoms with van der Waals surface area (Å²) < 4.78 is 1.74. The molecule has 0 saturated heterocycles. The number of hydrogen-bond acceptors (Lipinski definition) is 2. The molecule has 0 bridgehead atoms. The van der Waals surface area contributed by atoms with Crippen molar-refractivity contribution in [3.63, 3.8) is 0 Å². The molecule has 3 nitrogen and oxygen atoms in total. The molecule has 0 aliphatic rings. The zero-order chi connectivity index (χ0) is 10.6. The minimum atomic E-state index is -0.360. The van der Waals surface area contributed by atoms with Crippen LogP contribution in [-0.2, 0) is 7.05 Å². The van der Waals surface area contributed by atoms with E-state index in [2.05, 4.69) is 18.9 Å². The van der Waals surface area contributed by atoms with Gasteiger partial charge in [0.1, 0.15) is 0 Å². The molecular formula is C11H20N2O. The number of aliphatic hydroxyl groups is 1. The maximum atomic E-state index is 9.84. The van der Waals surface area contributed by atoms with Crippen molar-refractivity contribution in [1.29, 1.82) is 0 Å². The van der Waals surface area contributed by atoms with E-state index in [1.807, 2.05) is 13.1 Å². The first-order chi connectivity index (χ1) is 6.61. The van der Waals surface area contributed by atoms with Gasteiger partial charge in [0.2, 0.25) is 0 Å². The van der Waals surface area contributed by atoms with Crippen LogP contribution in [0.15, 0.2) is 12.3 Å². The van der Waals surface area contributed by atoms with E-state index >= 15 is 0 Å². The summed E-state index contributed by atoms with van der Waals surface area (Å²) in [4.78, 5) is 0. The molecule has 0 spiro atoms. The quantitative estimate of drug-likeness (QED) is 0.784. The lowest BCUT2D eigenvalue weighted by molar-refractivity contribution is 0.152. The minimum absolute atomic E-state index is 0.360. The van der Waals surface area contributed by atoms with Crippen molar-refractivity contribution in [2.75, 3.05) is 0 Å². The standard InChI is InChI=1S/C11H20N2O/c1-9(2)5-4-6-11(14)10-7-8-12-13(10)3/h7-9,11,14H,4-6H2,1-3H3. The van der Waals surface area contributed by atoms with Gasteiger partial charge in [0.25, 0.3) is 0 Å². The molecule has 1 aromatic rings. The Morgan fingerprint density at radius 1 is 1.43 bits per heavy atom. The van der Waals surface area contributed by atoms with Crippen LogP contribution in [0.5, 0.6) is 0 Å². The van der Waals surface area contributed by atoms with E-state index < -0.39 is 0 Å². The lowest BCUT2D eigenvalue weighted by atomic mass is 10.0. The maximum Gasteiger partial charge on any atom is 0.0956 e. The lowest BCUT2D eigenvalue weighted by Gasteiger charge is -2.11. The van der Waals surface area contributed by atoms with Crippen LogP contribution in [0, 0.1) is 5.92 Å². The first kappa shape index (κ1) is 11.2. The van der Waals surface area contributed by atoms with Crippen molar-refractivity contribution in [2.24, 2.45) is 13.0 Å². The molecule has 3 heteroatoms. The lowest BCUT2D eigenvalue weighted by Crippen LogP contribution is -2.05. The number of aliphatic hydroxyl groups excluding tert-OH is 1. The van der Waals surface area contributed by atoms with Crippen molar-refractivity contribution >= 4 is 0 Å². The average Bonchev–Trinajstić information content (AvgIpc) is 2.50. The third-order valence-electron chi connectivity index (χ3n) is 2.46. The molecule has 1 heterocycles. The second-order valence-corrected chi connectivity index (χ2v) is 4.22. The summed E-state index contributed by atoms with van der Waals surface area (Å²) in [5.74, 6) is 0.716. The molecular weight excluding hydrogens is 176 g/mol. The summed E-state index contributed by atoms with van der Waals surface area (Å²) in [5, 5.41) is 13.9. The minimum Gasteiger partial charge on any atom is -0.387 e. The molecule has 0 amide bonds. The van der Waals surface area contributed by atoms with Crippen LogP contribution in [0.25, 0.3) is 0 Å². The Morgan fingerprint density at radius 3 is 2.64 bits per heavy atom.